The fraction of sp³-hybridized carbons (Fsp3) is 0.471. The van der Waals surface area contributed by atoms with Gasteiger partial charge in [-0.2, -0.15) is 4.98 Å². The first kappa shape index (κ1) is 15.7. The van der Waals surface area contributed by atoms with Crippen molar-refractivity contribution in [3.63, 3.8) is 0 Å². The maximum atomic E-state index is 12.3. The summed E-state index contributed by atoms with van der Waals surface area (Å²) in [6.45, 7) is 2.06. The van der Waals surface area contributed by atoms with Crippen LogP contribution in [0.2, 0.25) is 0 Å². The fourth-order valence-electron chi connectivity index (χ4n) is 2.49. The average molecular weight is 314 g/mol. The molecule has 23 heavy (non-hydrogen) atoms. The Labute approximate surface area is 135 Å². The number of nitrogens with zero attached hydrogens (tertiary/aromatic N) is 3. The van der Waals surface area contributed by atoms with Crippen LogP contribution in [0.3, 0.4) is 0 Å². The summed E-state index contributed by atoms with van der Waals surface area (Å²) >= 11 is 0. The molecule has 1 atom stereocenters. The quantitative estimate of drug-likeness (QED) is 0.885. The van der Waals surface area contributed by atoms with Crippen molar-refractivity contribution in [1.29, 1.82) is 0 Å². The summed E-state index contributed by atoms with van der Waals surface area (Å²) in [6.07, 6.45) is 2.66. The highest BCUT2D eigenvalue weighted by Gasteiger charge is 2.33. The van der Waals surface area contributed by atoms with Crippen LogP contribution in [0.1, 0.15) is 25.6 Å². The molecule has 1 heterocycles. The van der Waals surface area contributed by atoms with E-state index in [0.29, 0.717) is 18.1 Å². The highest BCUT2D eigenvalue weighted by molar-refractivity contribution is 5.98. The first-order chi connectivity index (χ1) is 11.1. The number of anilines is 1. The van der Waals surface area contributed by atoms with E-state index in [-0.39, 0.29) is 17.9 Å². The summed E-state index contributed by atoms with van der Waals surface area (Å²) < 4.78 is 5.42. The Hall–Kier alpha value is -2.21. The number of nitrogens with one attached hydrogen (secondary N) is 1. The second-order valence-electron chi connectivity index (χ2n) is 6.10. The van der Waals surface area contributed by atoms with Crippen molar-refractivity contribution < 1.29 is 9.32 Å². The van der Waals surface area contributed by atoms with E-state index in [1.165, 1.54) is 0 Å². The van der Waals surface area contributed by atoms with Gasteiger partial charge < -0.3 is 14.7 Å². The summed E-state index contributed by atoms with van der Waals surface area (Å²) in [5.74, 6) is 1.44. The van der Waals surface area contributed by atoms with Crippen LogP contribution in [0.5, 0.6) is 0 Å². The van der Waals surface area contributed by atoms with Crippen molar-refractivity contribution in [2.75, 3.05) is 19.0 Å². The van der Waals surface area contributed by atoms with Gasteiger partial charge in [0.1, 0.15) is 0 Å². The van der Waals surface area contributed by atoms with E-state index in [4.69, 9.17) is 4.52 Å². The molecule has 3 rings (SSSR count). The number of para-hydroxylation sites is 1. The van der Waals surface area contributed by atoms with E-state index in [9.17, 15) is 4.79 Å². The minimum absolute atomic E-state index is 0.154. The Kier molecular flexibility index (Phi) is 4.43. The smallest absolute Gasteiger partial charge is 0.260 e. The first-order valence-electron chi connectivity index (χ1n) is 7.97. The third kappa shape index (κ3) is 3.42. The van der Waals surface area contributed by atoms with Crippen LogP contribution in [0.25, 0.3) is 11.5 Å². The lowest BCUT2D eigenvalue weighted by atomic mass is 10.1. The normalized spacial score (nSPS) is 15.4. The third-order valence-electron chi connectivity index (χ3n) is 4.20. The molecule has 1 N–H and O–H groups in total. The van der Waals surface area contributed by atoms with Crippen LogP contribution in [-0.4, -0.2) is 36.2 Å². The lowest BCUT2D eigenvalue weighted by Crippen LogP contribution is -2.28. The fourth-order valence-corrected chi connectivity index (χ4v) is 2.49. The van der Waals surface area contributed by atoms with Crippen molar-refractivity contribution in [2.24, 2.45) is 5.92 Å². The molecule has 0 bridgehead atoms. The summed E-state index contributed by atoms with van der Waals surface area (Å²) in [5.41, 5.74) is 1.60. The zero-order valence-corrected chi connectivity index (χ0v) is 13.7. The van der Waals surface area contributed by atoms with Crippen LogP contribution in [0.15, 0.2) is 28.8 Å². The van der Waals surface area contributed by atoms with Crippen molar-refractivity contribution in [1.82, 2.24) is 15.5 Å². The number of carbonyl (C=O) groups is 1. The molecule has 1 aliphatic carbocycles. The van der Waals surface area contributed by atoms with Gasteiger partial charge in [-0.1, -0.05) is 17.3 Å². The van der Waals surface area contributed by atoms with Crippen LogP contribution in [0, 0.1) is 5.92 Å². The summed E-state index contributed by atoms with van der Waals surface area (Å²) in [7, 11) is 3.71. The first-order valence-corrected chi connectivity index (χ1v) is 7.97. The molecule has 6 nitrogen and oxygen atoms in total. The third-order valence-corrected chi connectivity index (χ3v) is 4.20. The van der Waals surface area contributed by atoms with E-state index in [2.05, 4.69) is 22.4 Å². The highest BCUT2D eigenvalue weighted by Crippen LogP contribution is 2.35. The van der Waals surface area contributed by atoms with Crippen LogP contribution >= 0.6 is 0 Å². The number of carbonyl (C=O) groups excluding carboxylic acids is 1. The predicted molar refractivity (Wildman–Crippen MR) is 88.1 cm³/mol. The second-order valence-corrected chi connectivity index (χ2v) is 6.10. The van der Waals surface area contributed by atoms with Gasteiger partial charge in [0.05, 0.1) is 11.3 Å². The van der Waals surface area contributed by atoms with E-state index in [1.54, 1.807) is 11.9 Å². The molecular formula is C17H22N4O2. The van der Waals surface area contributed by atoms with Gasteiger partial charge in [0.15, 0.2) is 5.82 Å². The van der Waals surface area contributed by atoms with Gasteiger partial charge in [0.25, 0.3) is 5.89 Å². The molecule has 1 aromatic carbocycles. The molecule has 0 radical (unpaired) electrons. The van der Waals surface area contributed by atoms with Gasteiger partial charge in [-0.25, -0.2) is 0 Å². The molecule has 1 saturated carbocycles. The molecule has 6 heteroatoms. The Balaban J connectivity index is 1.86. The van der Waals surface area contributed by atoms with Gasteiger partial charge in [0.2, 0.25) is 5.91 Å². The largest absolute Gasteiger partial charge is 0.334 e. The van der Waals surface area contributed by atoms with Gasteiger partial charge in [-0.05, 0) is 38.9 Å². The van der Waals surface area contributed by atoms with Crippen molar-refractivity contribution in [2.45, 2.75) is 32.2 Å². The topological polar surface area (TPSA) is 71.3 Å². The molecule has 2 aromatic rings. The maximum absolute atomic E-state index is 12.3. The monoisotopic (exact) mass is 314 g/mol. The maximum Gasteiger partial charge on any atom is 0.260 e. The van der Waals surface area contributed by atoms with E-state index >= 15 is 0 Å². The number of amides is 1. The molecule has 122 valence electrons. The molecule has 1 amide bonds. The minimum Gasteiger partial charge on any atom is -0.334 e. The van der Waals surface area contributed by atoms with Gasteiger partial charge in [-0.15, -0.1) is 0 Å². The molecule has 0 saturated heterocycles. The lowest BCUT2D eigenvalue weighted by molar-refractivity contribution is -0.119. The van der Waals surface area contributed by atoms with Crippen molar-refractivity contribution in [3.8, 4) is 11.5 Å². The second kappa shape index (κ2) is 6.50. The zero-order valence-electron chi connectivity index (χ0n) is 13.7. The van der Waals surface area contributed by atoms with Crippen molar-refractivity contribution in [3.05, 3.63) is 30.1 Å². The Morgan fingerprint density at radius 3 is 2.87 bits per heavy atom. The molecule has 1 aromatic heterocycles. The zero-order chi connectivity index (χ0) is 16.4. The number of aromatic nitrogens is 2. The SMILES string of the molecule is CNC(C)Cc1noc(-c2ccccc2N(C)C(=O)C2CC2)n1. The molecule has 0 spiro atoms. The Morgan fingerprint density at radius 1 is 1.43 bits per heavy atom. The number of rotatable bonds is 6. The van der Waals surface area contributed by atoms with Crippen LogP contribution < -0.4 is 10.2 Å². The van der Waals surface area contributed by atoms with Crippen molar-refractivity contribution >= 4 is 11.6 Å². The average Bonchev–Trinajstić information content (AvgIpc) is 3.33. The van der Waals surface area contributed by atoms with E-state index in [1.807, 2.05) is 31.3 Å². The molecular weight excluding hydrogens is 292 g/mol. The number of hydrogen-bond donors (Lipinski definition) is 1. The Bertz CT molecular complexity index is 693. The predicted octanol–water partition coefficient (Wildman–Crippen LogP) is 2.26. The van der Waals surface area contributed by atoms with Gasteiger partial charge in [0, 0.05) is 25.4 Å². The van der Waals surface area contributed by atoms with Gasteiger partial charge >= 0.3 is 0 Å². The number of hydrogen-bond acceptors (Lipinski definition) is 5. The molecule has 1 aliphatic rings. The van der Waals surface area contributed by atoms with Gasteiger partial charge in [-0.3, -0.25) is 4.79 Å². The lowest BCUT2D eigenvalue weighted by Gasteiger charge is -2.19. The van der Waals surface area contributed by atoms with Crippen LogP contribution in [0.4, 0.5) is 5.69 Å². The number of benzene rings is 1. The molecule has 1 fully saturated rings. The molecule has 1 unspecified atom stereocenters. The standard InChI is InChI=1S/C17H22N4O2/c1-11(18-2)10-15-19-16(23-20-15)13-6-4-5-7-14(13)21(3)17(22)12-8-9-12/h4-7,11-12,18H,8-10H2,1-3H3. The van der Waals surface area contributed by atoms with E-state index < -0.39 is 0 Å². The van der Waals surface area contributed by atoms with Crippen LogP contribution in [-0.2, 0) is 11.2 Å². The summed E-state index contributed by atoms with van der Waals surface area (Å²) in [4.78, 5) is 18.5. The Morgan fingerprint density at radius 2 is 2.17 bits per heavy atom. The number of likely N-dealkylation sites (N-methyl/N-ethyl adjacent to an activating group) is 1. The van der Waals surface area contributed by atoms with E-state index in [0.717, 1.165) is 24.1 Å². The summed E-state index contributed by atoms with van der Waals surface area (Å²) in [5, 5.41) is 7.20. The molecule has 0 aliphatic heterocycles. The summed E-state index contributed by atoms with van der Waals surface area (Å²) in [6, 6.07) is 7.92. The minimum atomic E-state index is 0.154. The highest BCUT2D eigenvalue weighted by atomic mass is 16.5.